The standard InChI is InChI=1S/C16H20FN3O2S/c1-11-5-6-14(17)8-15(11)23(21,22)20-7-3-4-13(10-20)16-12(2)9-18-19-16/h5-6,8-9,13H,3-4,7,10H2,1-2H3,(H,18,19)/t13-/m1/s1. The first-order valence-electron chi connectivity index (χ1n) is 7.66. The number of sulfonamides is 1. The summed E-state index contributed by atoms with van der Waals surface area (Å²) in [6.07, 6.45) is 3.44. The Balaban J connectivity index is 1.91. The van der Waals surface area contributed by atoms with E-state index in [1.807, 2.05) is 6.92 Å². The van der Waals surface area contributed by atoms with Gasteiger partial charge in [-0.3, -0.25) is 5.10 Å². The van der Waals surface area contributed by atoms with Crippen molar-refractivity contribution in [3.8, 4) is 0 Å². The minimum absolute atomic E-state index is 0.0551. The maximum atomic E-state index is 13.5. The van der Waals surface area contributed by atoms with Crippen molar-refractivity contribution in [3.63, 3.8) is 0 Å². The zero-order valence-corrected chi connectivity index (χ0v) is 14.0. The van der Waals surface area contributed by atoms with Gasteiger partial charge in [-0.05, 0) is 49.9 Å². The van der Waals surface area contributed by atoms with E-state index in [0.29, 0.717) is 18.7 Å². The Hall–Kier alpha value is -1.73. The monoisotopic (exact) mass is 337 g/mol. The fraction of sp³-hybridized carbons (Fsp3) is 0.438. The van der Waals surface area contributed by atoms with E-state index in [4.69, 9.17) is 0 Å². The van der Waals surface area contributed by atoms with Gasteiger partial charge in [-0.2, -0.15) is 9.40 Å². The number of aromatic nitrogens is 2. The van der Waals surface area contributed by atoms with E-state index in [1.54, 1.807) is 13.1 Å². The number of halogens is 1. The van der Waals surface area contributed by atoms with Crippen molar-refractivity contribution in [1.29, 1.82) is 0 Å². The number of hydrogen-bond acceptors (Lipinski definition) is 3. The van der Waals surface area contributed by atoms with Crippen molar-refractivity contribution in [2.75, 3.05) is 13.1 Å². The number of piperidine rings is 1. The zero-order chi connectivity index (χ0) is 16.6. The molecule has 124 valence electrons. The highest BCUT2D eigenvalue weighted by molar-refractivity contribution is 7.89. The molecule has 0 radical (unpaired) electrons. The number of benzene rings is 1. The summed E-state index contributed by atoms with van der Waals surface area (Å²) in [4.78, 5) is 0.0551. The lowest BCUT2D eigenvalue weighted by Gasteiger charge is -2.32. The average molecular weight is 337 g/mol. The fourth-order valence-electron chi connectivity index (χ4n) is 3.16. The van der Waals surface area contributed by atoms with Gasteiger partial charge in [-0.25, -0.2) is 12.8 Å². The Bertz CT molecular complexity index is 816. The summed E-state index contributed by atoms with van der Waals surface area (Å²) in [5, 5.41) is 7.00. The van der Waals surface area contributed by atoms with Gasteiger partial charge in [0.15, 0.2) is 0 Å². The van der Waals surface area contributed by atoms with E-state index in [-0.39, 0.29) is 10.8 Å². The lowest BCUT2D eigenvalue weighted by atomic mass is 9.94. The summed E-state index contributed by atoms with van der Waals surface area (Å²) in [5.41, 5.74) is 2.59. The van der Waals surface area contributed by atoms with Gasteiger partial charge in [-0.1, -0.05) is 6.07 Å². The molecule has 0 saturated carbocycles. The minimum atomic E-state index is -3.69. The van der Waals surface area contributed by atoms with Gasteiger partial charge in [0.2, 0.25) is 10.0 Å². The molecule has 0 spiro atoms. The van der Waals surface area contributed by atoms with Crippen LogP contribution in [0.1, 0.15) is 35.6 Å². The molecule has 1 aromatic heterocycles. The highest BCUT2D eigenvalue weighted by atomic mass is 32.2. The summed E-state index contributed by atoms with van der Waals surface area (Å²) in [5.74, 6) is -0.443. The third kappa shape index (κ3) is 3.03. The Labute approximate surface area is 135 Å². The fourth-order valence-corrected chi connectivity index (χ4v) is 4.92. The van der Waals surface area contributed by atoms with Crippen LogP contribution >= 0.6 is 0 Å². The highest BCUT2D eigenvalue weighted by Gasteiger charge is 2.33. The summed E-state index contributed by atoms with van der Waals surface area (Å²) in [6.45, 7) is 4.50. The minimum Gasteiger partial charge on any atom is -0.282 e. The van der Waals surface area contributed by atoms with Crippen molar-refractivity contribution in [1.82, 2.24) is 14.5 Å². The van der Waals surface area contributed by atoms with Crippen LogP contribution in [-0.4, -0.2) is 36.0 Å². The second kappa shape index (κ2) is 6.05. The van der Waals surface area contributed by atoms with Crippen molar-refractivity contribution in [2.45, 2.75) is 37.5 Å². The van der Waals surface area contributed by atoms with Crippen molar-refractivity contribution < 1.29 is 12.8 Å². The van der Waals surface area contributed by atoms with Crippen molar-refractivity contribution >= 4 is 10.0 Å². The van der Waals surface area contributed by atoms with Gasteiger partial charge < -0.3 is 0 Å². The number of nitrogens with one attached hydrogen (secondary N) is 1. The van der Waals surface area contributed by atoms with E-state index < -0.39 is 15.8 Å². The molecule has 2 heterocycles. The number of aromatic amines is 1. The predicted molar refractivity (Wildman–Crippen MR) is 85.2 cm³/mol. The lowest BCUT2D eigenvalue weighted by Crippen LogP contribution is -2.39. The van der Waals surface area contributed by atoms with E-state index in [2.05, 4.69) is 10.2 Å². The van der Waals surface area contributed by atoms with Gasteiger partial charge in [0, 0.05) is 24.7 Å². The molecule has 7 heteroatoms. The molecule has 0 amide bonds. The van der Waals surface area contributed by atoms with Crippen LogP contribution < -0.4 is 0 Å². The summed E-state index contributed by atoms with van der Waals surface area (Å²) >= 11 is 0. The van der Waals surface area contributed by atoms with Crippen LogP contribution in [0.25, 0.3) is 0 Å². The van der Waals surface area contributed by atoms with Crippen LogP contribution in [0.4, 0.5) is 4.39 Å². The summed E-state index contributed by atoms with van der Waals surface area (Å²) in [6, 6.07) is 3.89. The molecule has 23 heavy (non-hydrogen) atoms. The van der Waals surface area contributed by atoms with Gasteiger partial charge in [-0.15, -0.1) is 0 Å². The summed E-state index contributed by atoms with van der Waals surface area (Å²) in [7, 11) is -3.69. The van der Waals surface area contributed by atoms with Crippen molar-refractivity contribution in [3.05, 3.63) is 47.0 Å². The van der Waals surface area contributed by atoms with E-state index in [1.165, 1.54) is 16.4 Å². The first-order chi connectivity index (χ1) is 10.9. The second-order valence-electron chi connectivity index (χ2n) is 6.08. The Morgan fingerprint density at radius 1 is 1.30 bits per heavy atom. The number of hydrogen-bond donors (Lipinski definition) is 1. The molecule has 0 aliphatic carbocycles. The molecule has 3 rings (SSSR count). The second-order valence-corrected chi connectivity index (χ2v) is 7.99. The van der Waals surface area contributed by atoms with Crippen LogP contribution in [0, 0.1) is 19.7 Å². The van der Waals surface area contributed by atoms with E-state index in [9.17, 15) is 12.8 Å². The average Bonchev–Trinajstić information content (AvgIpc) is 2.96. The molecule has 0 unspecified atom stereocenters. The molecule has 1 aliphatic heterocycles. The Morgan fingerprint density at radius 3 is 2.78 bits per heavy atom. The zero-order valence-electron chi connectivity index (χ0n) is 13.2. The third-order valence-corrected chi connectivity index (χ3v) is 6.44. The topological polar surface area (TPSA) is 66.1 Å². The quantitative estimate of drug-likeness (QED) is 0.936. The van der Waals surface area contributed by atoms with Crippen LogP contribution in [-0.2, 0) is 10.0 Å². The largest absolute Gasteiger partial charge is 0.282 e. The first kappa shape index (κ1) is 16.1. The molecule has 0 bridgehead atoms. The SMILES string of the molecule is Cc1ccc(F)cc1S(=O)(=O)N1CCC[C@@H](c2[nH]ncc2C)C1. The maximum absolute atomic E-state index is 13.5. The van der Waals surface area contributed by atoms with Crippen LogP contribution in [0.2, 0.25) is 0 Å². The van der Waals surface area contributed by atoms with Gasteiger partial charge in [0.25, 0.3) is 0 Å². The van der Waals surface area contributed by atoms with Gasteiger partial charge in [0.1, 0.15) is 5.82 Å². The van der Waals surface area contributed by atoms with Crippen LogP contribution in [0.5, 0.6) is 0 Å². The molecule has 1 fully saturated rings. The Morgan fingerprint density at radius 2 is 2.09 bits per heavy atom. The third-order valence-electron chi connectivity index (χ3n) is 4.43. The lowest BCUT2D eigenvalue weighted by molar-refractivity contribution is 0.312. The molecule has 1 aliphatic rings. The molecular weight excluding hydrogens is 317 g/mol. The smallest absolute Gasteiger partial charge is 0.243 e. The van der Waals surface area contributed by atoms with Gasteiger partial charge in [0.05, 0.1) is 11.1 Å². The first-order valence-corrected chi connectivity index (χ1v) is 9.10. The highest BCUT2D eigenvalue weighted by Crippen LogP contribution is 2.31. The molecule has 1 saturated heterocycles. The molecule has 1 N–H and O–H groups in total. The molecule has 1 aromatic carbocycles. The van der Waals surface area contributed by atoms with Crippen LogP contribution in [0.3, 0.4) is 0 Å². The molecule has 2 aromatic rings. The molecule has 5 nitrogen and oxygen atoms in total. The molecule has 1 atom stereocenters. The summed E-state index contributed by atoms with van der Waals surface area (Å²) < 4.78 is 40.8. The number of H-pyrrole nitrogens is 1. The van der Waals surface area contributed by atoms with Gasteiger partial charge >= 0.3 is 0 Å². The van der Waals surface area contributed by atoms with Crippen LogP contribution in [0.15, 0.2) is 29.3 Å². The number of rotatable bonds is 3. The maximum Gasteiger partial charge on any atom is 0.243 e. The van der Waals surface area contributed by atoms with E-state index in [0.717, 1.165) is 30.2 Å². The number of nitrogens with zero attached hydrogens (tertiary/aromatic N) is 2. The molecular formula is C16H20FN3O2S. The predicted octanol–water partition coefficient (Wildman–Crippen LogP) is 2.73. The number of aryl methyl sites for hydroxylation is 2. The van der Waals surface area contributed by atoms with E-state index >= 15 is 0 Å². The Kier molecular flexibility index (Phi) is 4.25. The van der Waals surface area contributed by atoms with Crippen molar-refractivity contribution in [2.24, 2.45) is 0 Å². The normalized spacial score (nSPS) is 19.9.